The number of hydrogen-bond donors (Lipinski definition) is 6. The molecule has 0 amide bonds. The van der Waals surface area contributed by atoms with Gasteiger partial charge in [0.05, 0.1) is 36.4 Å². The van der Waals surface area contributed by atoms with Crippen LogP contribution < -0.4 is 17.2 Å². The first-order valence-corrected chi connectivity index (χ1v) is 7.49. The molecule has 0 rings (SSSR count). The van der Waals surface area contributed by atoms with Gasteiger partial charge in [-0.2, -0.15) is 0 Å². The second-order valence-electron chi connectivity index (χ2n) is 5.63. The van der Waals surface area contributed by atoms with Gasteiger partial charge in [0.25, 0.3) is 0 Å². The molecule has 0 aromatic carbocycles. The van der Waals surface area contributed by atoms with Gasteiger partial charge in [0.1, 0.15) is 17.3 Å². The van der Waals surface area contributed by atoms with E-state index < -0.39 is 36.4 Å². The fourth-order valence-electron chi connectivity index (χ4n) is 1.02. The van der Waals surface area contributed by atoms with E-state index in [2.05, 4.69) is 0 Å². The minimum Gasteiger partial charge on any atom is -0.391 e. The van der Waals surface area contributed by atoms with Crippen molar-refractivity contribution in [2.24, 2.45) is 17.2 Å². The third-order valence-corrected chi connectivity index (χ3v) is 2.97. The zero-order chi connectivity index (χ0) is 20.2. The second kappa shape index (κ2) is 14.1. The van der Waals surface area contributed by atoms with E-state index in [1.807, 2.05) is 0 Å². The molecule has 0 bridgehead atoms. The van der Waals surface area contributed by atoms with Crippen molar-refractivity contribution in [1.82, 2.24) is 0 Å². The average Bonchev–Trinajstić information content (AvgIpc) is 2.45. The van der Waals surface area contributed by atoms with E-state index in [0.29, 0.717) is 0 Å². The van der Waals surface area contributed by atoms with Crippen LogP contribution in [0.2, 0.25) is 0 Å². The summed E-state index contributed by atoms with van der Waals surface area (Å²) >= 11 is 0. The Labute approximate surface area is 143 Å². The Kier molecular flexibility index (Phi) is 16.3. The van der Waals surface area contributed by atoms with Crippen molar-refractivity contribution < 1.29 is 29.7 Å². The van der Waals surface area contributed by atoms with Crippen LogP contribution in [0, 0.1) is 0 Å². The van der Waals surface area contributed by atoms with Gasteiger partial charge in [-0.05, 0) is 41.5 Å². The monoisotopic (exact) mass is 351 g/mol. The smallest absolute Gasteiger partial charge is 0.149 e. The number of aliphatic hydroxyl groups is 3. The molecule has 0 heterocycles. The van der Waals surface area contributed by atoms with Gasteiger partial charge in [0, 0.05) is 0 Å². The lowest BCUT2D eigenvalue weighted by molar-refractivity contribution is -0.121. The van der Waals surface area contributed by atoms with E-state index in [9.17, 15) is 14.4 Å². The van der Waals surface area contributed by atoms with Crippen molar-refractivity contribution >= 4 is 17.3 Å². The number of carbonyl (C=O) groups excluding carboxylic acids is 3. The summed E-state index contributed by atoms with van der Waals surface area (Å²) in [6.45, 7) is 8.55. The van der Waals surface area contributed by atoms with E-state index in [1.54, 1.807) is 0 Å². The molecule has 9 N–H and O–H groups in total. The summed E-state index contributed by atoms with van der Waals surface area (Å²) in [5, 5.41) is 25.9. The maximum Gasteiger partial charge on any atom is 0.149 e. The van der Waals surface area contributed by atoms with Gasteiger partial charge in [-0.15, -0.1) is 0 Å². The molecule has 0 fully saturated rings. The minimum atomic E-state index is -0.729. The Balaban J connectivity index is -0.000000276. The molecule has 0 saturated heterocycles. The largest absolute Gasteiger partial charge is 0.391 e. The van der Waals surface area contributed by atoms with Crippen LogP contribution in [0.1, 0.15) is 41.5 Å². The second-order valence-corrected chi connectivity index (χ2v) is 5.63. The zero-order valence-corrected chi connectivity index (χ0v) is 15.3. The number of aliphatic hydroxyl groups excluding tert-OH is 3. The third kappa shape index (κ3) is 15.7. The van der Waals surface area contributed by atoms with Gasteiger partial charge in [-0.3, -0.25) is 14.4 Å². The van der Waals surface area contributed by atoms with E-state index in [-0.39, 0.29) is 17.3 Å². The van der Waals surface area contributed by atoms with Crippen LogP contribution in [-0.2, 0) is 14.4 Å². The summed E-state index contributed by atoms with van der Waals surface area (Å²) in [6, 6.07) is -2.14. The number of ketones is 3. The maximum atomic E-state index is 10.3. The maximum absolute atomic E-state index is 10.3. The van der Waals surface area contributed by atoms with Crippen LogP contribution in [0.25, 0.3) is 0 Å². The Bertz CT molecular complexity index is 328. The Morgan fingerprint density at radius 2 is 0.708 bits per heavy atom. The Hall–Kier alpha value is -1.23. The van der Waals surface area contributed by atoms with Crippen LogP contribution in [0.4, 0.5) is 0 Å². The van der Waals surface area contributed by atoms with Crippen molar-refractivity contribution in [3.8, 4) is 0 Å². The molecule has 0 radical (unpaired) electrons. The lowest BCUT2D eigenvalue weighted by Gasteiger charge is -2.08. The summed E-state index contributed by atoms with van der Waals surface area (Å²) in [7, 11) is 0. The van der Waals surface area contributed by atoms with Gasteiger partial charge >= 0.3 is 0 Å². The third-order valence-electron chi connectivity index (χ3n) is 2.97. The summed E-state index contributed by atoms with van der Waals surface area (Å²) < 4.78 is 0. The van der Waals surface area contributed by atoms with E-state index in [4.69, 9.17) is 32.5 Å². The molecule has 6 atom stereocenters. The summed E-state index contributed by atoms with van der Waals surface area (Å²) in [5.74, 6) is -0.542. The van der Waals surface area contributed by atoms with Crippen LogP contribution in [0.15, 0.2) is 0 Å². The fraction of sp³-hybridized carbons (Fsp3) is 0.800. The lowest BCUT2D eigenvalue weighted by Crippen LogP contribution is -2.38. The molecule has 0 aliphatic carbocycles. The topological polar surface area (TPSA) is 190 Å². The van der Waals surface area contributed by atoms with Gasteiger partial charge < -0.3 is 32.5 Å². The van der Waals surface area contributed by atoms with Crippen LogP contribution in [0.3, 0.4) is 0 Å². The number of nitrogens with two attached hydrogens (primary N) is 3. The highest BCUT2D eigenvalue weighted by atomic mass is 16.3. The molecule has 0 aliphatic rings. The molecule has 9 heteroatoms. The average molecular weight is 351 g/mol. The van der Waals surface area contributed by atoms with E-state index in [1.165, 1.54) is 41.5 Å². The summed E-state index contributed by atoms with van der Waals surface area (Å²) in [5.41, 5.74) is 15.5. The first-order valence-electron chi connectivity index (χ1n) is 7.49. The van der Waals surface area contributed by atoms with Crippen LogP contribution in [-0.4, -0.2) is 69.1 Å². The van der Waals surface area contributed by atoms with Gasteiger partial charge in [-0.1, -0.05) is 0 Å². The Morgan fingerprint density at radius 1 is 0.583 bits per heavy atom. The zero-order valence-electron chi connectivity index (χ0n) is 15.3. The van der Waals surface area contributed by atoms with Crippen LogP contribution >= 0.6 is 0 Å². The molecule has 0 aliphatic heterocycles. The van der Waals surface area contributed by atoms with E-state index >= 15 is 0 Å². The molecule has 144 valence electrons. The van der Waals surface area contributed by atoms with Gasteiger partial charge in [0.15, 0.2) is 0 Å². The number of carbonyl (C=O) groups is 3. The molecular formula is C15H33N3O6. The minimum absolute atomic E-state index is 0.181. The normalized spacial score (nSPS) is 17.5. The molecule has 9 nitrogen and oxygen atoms in total. The van der Waals surface area contributed by atoms with Gasteiger partial charge in [0.2, 0.25) is 0 Å². The number of rotatable bonds is 6. The Morgan fingerprint density at radius 3 is 0.708 bits per heavy atom. The van der Waals surface area contributed by atoms with Crippen molar-refractivity contribution in [3.05, 3.63) is 0 Å². The lowest BCUT2D eigenvalue weighted by atomic mass is 10.1. The van der Waals surface area contributed by atoms with Crippen molar-refractivity contribution in [2.75, 3.05) is 0 Å². The quantitative estimate of drug-likeness (QED) is 0.310. The predicted octanol–water partition coefficient (Wildman–Crippen LogP) is -2.15. The van der Waals surface area contributed by atoms with Crippen molar-refractivity contribution in [2.45, 2.75) is 78.0 Å². The molecule has 0 spiro atoms. The first-order chi connectivity index (χ1) is 10.7. The molecular weight excluding hydrogens is 318 g/mol. The molecule has 24 heavy (non-hydrogen) atoms. The number of hydrogen-bond acceptors (Lipinski definition) is 9. The summed E-state index contributed by atoms with van der Waals surface area (Å²) in [4.78, 5) is 30.9. The highest BCUT2D eigenvalue weighted by Gasteiger charge is 2.13. The highest BCUT2D eigenvalue weighted by Crippen LogP contribution is 1.89. The molecule has 0 aromatic rings. The molecule has 0 unspecified atom stereocenters. The van der Waals surface area contributed by atoms with Crippen LogP contribution in [0.5, 0.6) is 0 Å². The SMILES string of the molecule is CC(=O)[C@@H](N)[C@@H](C)O.CC(=O)[C@H](N)[C@@H](C)O.CC(=O)[C@H](N)[C@H](C)O. The standard InChI is InChI=1S/3C5H11NO2/c3*1-3(7)5(6)4(2)8/h3*3,5,7H,6H2,1-2H3/t2*3-,5+;3-,5-/m101/s1. The van der Waals surface area contributed by atoms with E-state index in [0.717, 1.165) is 0 Å². The van der Waals surface area contributed by atoms with Crippen molar-refractivity contribution in [1.29, 1.82) is 0 Å². The first kappa shape index (κ1) is 27.6. The molecule has 0 aromatic heterocycles. The summed E-state index contributed by atoms with van der Waals surface area (Å²) in [6.07, 6.45) is -2.19. The fourth-order valence-corrected chi connectivity index (χ4v) is 1.02. The number of Topliss-reactive ketones (excluding diaryl/α,β-unsaturated/α-hetero) is 3. The highest BCUT2D eigenvalue weighted by molar-refractivity contribution is 5.82. The van der Waals surface area contributed by atoms with Crippen molar-refractivity contribution in [3.63, 3.8) is 0 Å². The molecule has 0 saturated carbocycles. The van der Waals surface area contributed by atoms with Gasteiger partial charge in [-0.25, -0.2) is 0 Å². The predicted molar refractivity (Wildman–Crippen MR) is 91.0 cm³/mol.